The summed E-state index contributed by atoms with van der Waals surface area (Å²) in [5.74, 6) is -0.837. The van der Waals surface area contributed by atoms with Crippen LogP contribution in [0.25, 0.3) is 0 Å². The molecular weight excluding hydrogens is 637 g/mol. The van der Waals surface area contributed by atoms with Crippen LogP contribution in [-0.2, 0) is 26.2 Å². The summed E-state index contributed by atoms with van der Waals surface area (Å²) in [5.41, 5.74) is 0.971. The van der Waals surface area contributed by atoms with Crippen molar-refractivity contribution < 1.29 is 18.0 Å². The van der Waals surface area contributed by atoms with E-state index in [0.717, 1.165) is 21.6 Å². The number of anilines is 1. The quantitative estimate of drug-likeness (QED) is 0.206. The van der Waals surface area contributed by atoms with Crippen LogP contribution in [0.1, 0.15) is 38.7 Å². The summed E-state index contributed by atoms with van der Waals surface area (Å²) < 4.78 is 29.4. The molecule has 7 nitrogen and oxygen atoms in total. The summed E-state index contributed by atoms with van der Waals surface area (Å²) in [7, 11) is -4.12. The molecule has 1 atom stereocenters. The highest BCUT2D eigenvalue weighted by atomic mass is 79.9. The Labute approximate surface area is 254 Å². The van der Waals surface area contributed by atoms with Crippen molar-refractivity contribution in [3.05, 3.63) is 92.9 Å². The van der Waals surface area contributed by atoms with Crippen LogP contribution < -0.4 is 9.62 Å². The molecule has 2 amide bonds. The van der Waals surface area contributed by atoms with Gasteiger partial charge in [0.2, 0.25) is 11.8 Å². The zero-order valence-corrected chi connectivity index (χ0v) is 26.2. The van der Waals surface area contributed by atoms with Gasteiger partial charge in [-0.15, -0.1) is 0 Å². The molecule has 0 spiro atoms. The first-order chi connectivity index (χ1) is 19.1. The predicted molar refractivity (Wildman–Crippen MR) is 164 cm³/mol. The lowest BCUT2D eigenvalue weighted by Gasteiger charge is -2.33. The molecule has 214 valence electrons. The number of benzene rings is 3. The van der Waals surface area contributed by atoms with Gasteiger partial charge in [0.1, 0.15) is 12.6 Å². The highest BCUT2D eigenvalue weighted by Crippen LogP contribution is 2.27. The maximum Gasteiger partial charge on any atom is 0.264 e. The topological polar surface area (TPSA) is 86.8 Å². The summed E-state index contributed by atoms with van der Waals surface area (Å²) >= 11 is 15.7. The van der Waals surface area contributed by atoms with Gasteiger partial charge in [-0.25, -0.2) is 8.42 Å². The Morgan fingerprint density at radius 2 is 1.62 bits per heavy atom. The van der Waals surface area contributed by atoms with E-state index >= 15 is 0 Å². The molecule has 1 unspecified atom stereocenters. The normalized spacial score (nSPS) is 12.0. The van der Waals surface area contributed by atoms with E-state index in [1.807, 2.05) is 13.8 Å². The number of rotatable bonds is 13. The van der Waals surface area contributed by atoms with Crippen LogP contribution in [0.4, 0.5) is 5.69 Å². The van der Waals surface area contributed by atoms with Gasteiger partial charge >= 0.3 is 0 Å². The number of hydrogen-bond donors (Lipinski definition) is 1. The zero-order valence-electron chi connectivity index (χ0n) is 22.3. The van der Waals surface area contributed by atoms with E-state index in [0.29, 0.717) is 34.3 Å². The van der Waals surface area contributed by atoms with Gasteiger partial charge < -0.3 is 10.2 Å². The fourth-order valence-electron chi connectivity index (χ4n) is 4.12. The molecule has 0 radical (unpaired) electrons. The molecule has 0 heterocycles. The first-order valence-electron chi connectivity index (χ1n) is 12.9. The van der Waals surface area contributed by atoms with Crippen LogP contribution in [0.2, 0.25) is 10.0 Å². The molecule has 0 saturated carbocycles. The van der Waals surface area contributed by atoms with Crippen molar-refractivity contribution in [2.75, 3.05) is 17.4 Å². The first-order valence-corrected chi connectivity index (χ1v) is 15.9. The van der Waals surface area contributed by atoms with Crippen LogP contribution in [0.3, 0.4) is 0 Å². The van der Waals surface area contributed by atoms with Crippen LogP contribution in [0, 0.1) is 0 Å². The van der Waals surface area contributed by atoms with E-state index in [9.17, 15) is 18.0 Å². The number of carbonyl (C=O) groups excluding carboxylic acids is 2. The Hall–Kier alpha value is -2.59. The second-order valence-corrected chi connectivity index (χ2v) is 12.7. The summed E-state index contributed by atoms with van der Waals surface area (Å²) in [6, 6.07) is 18.7. The number of nitrogens with one attached hydrogen (secondary N) is 1. The third-order valence-electron chi connectivity index (χ3n) is 6.28. The molecule has 40 heavy (non-hydrogen) atoms. The summed E-state index contributed by atoms with van der Waals surface area (Å²) in [4.78, 5) is 28.7. The Morgan fingerprint density at radius 1 is 0.950 bits per heavy atom. The third kappa shape index (κ3) is 8.22. The molecule has 0 aromatic heterocycles. The fourth-order valence-corrected chi connectivity index (χ4v) is 6.14. The average molecular weight is 669 g/mol. The van der Waals surface area contributed by atoms with E-state index in [-0.39, 0.29) is 17.3 Å². The number of carbonyl (C=O) groups is 2. The molecule has 0 aliphatic heterocycles. The van der Waals surface area contributed by atoms with Gasteiger partial charge in [0.25, 0.3) is 10.0 Å². The Balaban J connectivity index is 2.03. The monoisotopic (exact) mass is 667 g/mol. The van der Waals surface area contributed by atoms with Gasteiger partial charge in [-0.3, -0.25) is 13.9 Å². The van der Waals surface area contributed by atoms with Gasteiger partial charge in [0, 0.05) is 17.6 Å². The minimum absolute atomic E-state index is 0.0367. The van der Waals surface area contributed by atoms with E-state index in [1.54, 1.807) is 60.7 Å². The predicted octanol–water partition coefficient (Wildman–Crippen LogP) is 6.67. The number of sulfonamides is 1. The van der Waals surface area contributed by atoms with Crippen molar-refractivity contribution in [2.45, 2.75) is 50.6 Å². The fraction of sp³-hybridized carbons (Fsp3) is 0.310. The SMILES string of the molecule is CCCCNC(=O)C(CC)N(Cc1ccc(Cl)c(Cl)c1)C(=O)CN(c1ccc(Br)cc1)S(=O)(=O)c1ccccc1. The molecule has 0 fully saturated rings. The van der Waals surface area contributed by atoms with Gasteiger partial charge in [-0.1, -0.05) is 83.7 Å². The van der Waals surface area contributed by atoms with Gasteiger partial charge in [0.05, 0.1) is 20.6 Å². The van der Waals surface area contributed by atoms with Crippen molar-refractivity contribution in [1.82, 2.24) is 10.2 Å². The first kappa shape index (κ1) is 31.9. The van der Waals surface area contributed by atoms with Crippen LogP contribution in [-0.4, -0.2) is 44.3 Å². The largest absolute Gasteiger partial charge is 0.354 e. The zero-order chi connectivity index (χ0) is 29.3. The molecule has 0 aliphatic carbocycles. The summed E-state index contributed by atoms with van der Waals surface area (Å²) in [6.07, 6.45) is 2.03. The molecule has 3 rings (SSSR count). The number of hydrogen-bond acceptors (Lipinski definition) is 4. The van der Waals surface area contributed by atoms with Crippen LogP contribution >= 0.6 is 39.1 Å². The number of halogens is 3. The van der Waals surface area contributed by atoms with E-state index < -0.39 is 28.5 Å². The number of unbranched alkanes of at least 4 members (excludes halogenated alkanes) is 1. The van der Waals surface area contributed by atoms with Crippen molar-refractivity contribution in [3.63, 3.8) is 0 Å². The highest BCUT2D eigenvalue weighted by molar-refractivity contribution is 9.10. The Kier molecular flexibility index (Phi) is 11.9. The summed E-state index contributed by atoms with van der Waals surface area (Å²) in [5, 5.41) is 3.59. The Morgan fingerprint density at radius 3 is 2.23 bits per heavy atom. The maximum absolute atomic E-state index is 14.0. The van der Waals surface area contributed by atoms with Gasteiger partial charge in [-0.2, -0.15) is 0 Å². The van der Waals surface area contributed by atoms with Gasteiger partial charge in [-0.05, 0) is 66.9 Å². The molecule has 1 N–H and O–H groups in total. The summed E-state index contributed by atoms with van der Waals surface area (Å²) in [6.45, 7) is 3.84. The molecule has 0 bridgehead atoms. The second kappa shape index (κ2) is 14.9. The maximum atomic E-state index is 14.0. The van der Waals surface area contributed by atoms with E-state index in [2.05, 4.69) is 21.2 Å². The van der Waals surface area contributed by atoms with Crippen LogP contribution in [0.5, 0.6) is 0 Å². The number of nitrogens with zero attached hydrogens (tertiary/aromatic N) is 2. The second-order valence-electron chi connectivity index (χ2n) is 9.14. The van der Waals surface area contributed by atoms with Crippen molar-refractivity contribution in [3.8, 4) is 0 Å². The van der Waals surface area contributed by atoms with Crippen molar-refractivity contribution in [2.24, 2.45) is 0 Å². The molecule has 3 aromatic carbocycles. The third-order valence-corrected chi connectivity index (χ3v) is 9.33. The van der Waals surface area contributed by atoms with Crippen molar-refractivity contribution >= 4 is 66.7 Å². The Bertz CT molecular complexity index is 1410. The minimum atomic E-state index is -4.12. The molecule has 0 saturated heterocycles. The number of amides is 2. The smallest absolute Gasteiger partial charge is 0.264 e. The lowest BCUT2D eigenvalue weighted by atomic mass is 10.1. The van der Waals surface area contributed by atoms with Crippen LogP contribution in [0.15, 0.2) is 82.2 Å². The molecular formula is C29H32BrCl2N3O4S. The van der Waals surface area contributed by atoms with E-state index in [1.165, 1.54) is 17.0 Å². The van der Waals surface area contributed by atoms with Gasteiger partial charge in [0.15, 0.2) is 0 Å². The minimum Gasteiger partial charge on any atom is -0.354 e. The highest BCUT2D eigenvalue weighted by Gasteiger charge is 2.33. The lowest BCUT2D eigenvalue weighted by Crippen LogP contribution is -2.52. The van der Waals surface area contributed by atoms with Crippen molar-refractivity contribution in [1.29, 1.82) is 0 Å². The molecule has 0 aliphatic rings. The standard InChI is InChI=1S/C29H32BrCl2N3O4S/c1-3-5-17-33-29(37)27(4-2)34(19-21-11-16-25(31)26(32)18-21)28(36)20-35(23-14-12-22(30)13-15-23)40(38,39)24-9-7-6-8-10-24/h6-16,18,27H,3-5,17,19-20H2,1-2H3,(H,33,37). The molecule has 3 aromatic rings. The lowest BCUT2D eigenvalue weighted by molar-refractivity contribution is -0.140. The average Bonchev–Trinajstić information content (AvgIpc) is 2.94. The molecule has 11 heteroatoms. The van der Waals surface area contributed by atoms with E-state index in [4.69, 9.17) is 23.2 Å².